The summed E-state index contributed by atoms with van der Waals surface area (Å²) in [6.45, 7) is 0.651. The molecular formula is C9H14IN3O2. The number of fused-ring (bicyclic) bond motifs is 1. The lowest BCUT2D eigenvalue weighted by atomic mass is 10.2. The van der Waals surface area contributed by atoms with Crippen molar-refractivity contribution in [3.05, 3.63) is 0 Å². The molecule has 0 aromatic heterocycles. The number of amides is 1. The lowest BCUT2D eigenvalue weighted by molar-refractivity contribution is -0.142. The van der Waals surface area contributed by atoms with Gasteiger partial charge in [-0.3, -0.25) is 14.9 Å². The van der Waals surface area contributed by atoms with Gasteiger partial charge in [-0.2, -0.15) is 0 Å². The fraction of sp³-hybridized carbons (Fsp3) is 0.778. The second-order valence-electron chi connectivity index (χ2n) is 3.91. The van der Waals surface area contributed by atoms with Crippen molar-refractivity contribution in [1.82, 2.24) is 15.5 Å². The average molecular weight is 323 g/mol. The van der Waals surface area contributed by atoms with E-state index in [0.717, 1.165) is 12.8 Å². The number of nitrogens with one attached hydrogen (secondary N) is 2. The van der Waals surface area contributed by atoms with Crippen LogP contribution in [0.15, 0.2) is 0 Å². The number of likely N-dealkylation sites (N-methyl/N-ethyl adjacent to an activating group) is 1. The molecule has 5 nitrogen and oxygen atoms in total. The third kappa shape index (κ3) is 1.90. The number of hydrogen-bond donors (Lipinski definition) is 2. The number of nitrogens with zero attached hydrogens (tertiary/aromatic N) is 1. The minimum atomic E-state index is -0.230. The van der Waals surface area contributed by atoms with Crippen molar-refractivity contribution in [1.29, 1.82) is 0 Å². The van der Waals surface area contributed by atoms with Gasteiger partial charge in [0.25, 0.3) is 0 Å². The molecule has 2 heterocycles. The minimum absolute atomic E-state index is 0.0498. The van der Waals surface area contributed by atoms with Crippen LogP contribution in [-0.2, 0) is 9.59 Å². The van der Waals surface area contributed by atoms with Gasteiger partial charge in [0.05, 0.1) is 12.2 Å². The summed E-state index contributed by atoms with van der Waals surface area (Å²) in [5.74, 6) is 0.0498. The van der Waals surface area contributed by atoms with Crippen LogP contribution in [0.5, 0.6) is 0 Å². The van der Waals surface area contributed by atoms with E-state index < -0.39 is 0 Å². The molecule has 6 heteroatoms. The van der Waals surface area contributed by atoms with E-state index in [1.807, 2.05) is 0 Å². The molecule has 15 heavy (non-hydrogen) atoms. The van der Waals surface area contributed by atoms with Crippen LogP contribution in [0, 0.1) is 0 Å². The lowest BCUT2D eigenvalue weighted by Gasteiger charge is -2.37. The van der Waals surface area contributed by atoms with Crippen LogP contribution in [0.1, 0.15) is 12.8 Å². The molecule has 0 saturated carbocycles. The molecule has 0 bridgehead atoms. The van der Waals surface area contributed by atoms with Crippen LogP contribution < -0.4 is 10.6 Å². The second kappa shape index (κ2) is 4.34. The maximum Gasteiger partial charge on any atom is 0.242 e. The lowest BCUT2D eigenvalue weighted by Crippen LogP contribution is -2.63. The predicted molar refractivity (Wildman–Crippen MR) is 63.5 cm³/mol. The molecule has 0 aromatic carbocycles. The summed E-state index contributed by atoms with van der Waals surface area (Å²) in [6, 6.07) is -0.427. The fourth-order valence-electron chi connectivity index (χ4n) is 2.29. The summed E-state index contributed by atoms with van der Waals surface area (Å²) < 4.78 is 0.0574. The van der Waals surface area contributed by atoms with E-state index in [0.29, 0.717) is 6.54 Å². The first kappa shape index (κ1) is 11.3. The SMILES string of the molecule is CNC1CNC2CCC(C(=O)I)N2C1=O. The van der Waals surface area contributed by atoms with Crippen LogP contribution >= 0.6 is 22.6 Å². The van der Waals surface area contributed by atoms with E-state index in [1.165, 1.54) is 0 Å². The zero-order chi connectivity index (χ0) is 11.0. The van der Waals surface area contributed by atoms with E-state index in [9.17, 15) is 9.59 Å². The molecule has 2 N–H and O–H groups in total. The summed E-state index contributed by atoms with van der Waals surface area (Å²) in [4.78, 5) is 25.1. The average Bonchev–Trinajstić information content (AvgIpc) is 2.63. The predicted octanol–water partition coefficient (Wildman–Crippen LogP) is -0.544. The first-order chi connectivity index (χ1) is 7.15. The van der Waals surface area contributed by atoms with E-state index in [2.05, 4.69) is 10.6 Å². The zero-order valence-electron chi connectivity index (χ0n) is 8.50. The Morgan fingerprint density at radius 3 is 2.93 bits per heavy atom. The first-order valence-electron chi connectivity index (χ1n) is 5.07. The Balaban J connectivity index is 2.18. The third-order valence-electron chi connectivity index (χ3n) is 3.11. The quantitative estimate of drug-likeness (QED) is 0.529. The molecule has 0 aliphatic carbocycles. The summed E-state index contributed by atoms with van der Waals surface area (Å²) in [5.41, 5.74) is 0. The highest BCUT2D eigenvalue weighted by Crippen LogP contribution is 2.27. The van der Waals surface area contributed by atoms with Crippen LogP contribution in [0.2, 0.25) is 0 Å². The standard InChI is InChI=1S/C9H14IN3O2/c1-11-5-4-12-7-3-2-6(8(10)14)13(7)9(5)15/h5-7,11-12H,2-4H2,1H3. The maximum atomic E-state index is 12.0. The van der Waals surface area contributed by atoms with Crippen LogP contribution in [0.25, 0.3) is 0 Å². The van der Waals surface area contributed by atoms with Gasteiger partial charge in [-0.1, -0.05) is 0 Å². The van der Waals surface area contributed by atoms with Crippen molar-refractivity contribution in [3.63, 3.8) is 0 Å². The molecule has 3 unspecified atom stereocenters. The van der Waals surface area contributed by atoms with Crippen molar-refractivity contribution in [2.75, 3.05) is 13.6 Å². The van der Waals surface area contributed by atoms with Crippen LogP contribution in [0.4, 0.5) is 0 Å². The van der Waals surface area contributed by atoms with Gasteiger partial charge in [-0.15, -0.1) is 0 Å². The molecular weight excluding hydrogens is 309 g/mol. The van der Waals surface area contributed by atoms with E-state index >= 15 is 0 Å². The maximum absolute atomic E-state index is 12.0. The van der Waals surface area contributed by atoms with Gasteiger partial charge in [0.1, 0.15) is 6.04 Å². The van der Waals surface area contributed by atoms with Crippen molar-refractivity contribution in [2.45, 2.75) is 31.1 Å². The van der Waals surface area contributed by atoms with E-state index in [1.54, 1.807) is 34.5 Å². The largest absolute Gasteiger partial charge is 0.315 e. The summed E-state index contributed by atoms with van der Waals surface area (Å²) in [5, 5.41) is 6.24. The minimum Gasteiger partial charge on any atom is -0.315 e. The number of halogens is 1. The molecule has 2 rings (SSSR count). The van der Waals surface area contributed by atoms with Crippen LogP contribution in [0.3, 0.4) is 0 Å². The Bertz CT molecular complexity index is 297. The Morgan fingerprint density at radius 1 is 1.60 bits per heavy atom. The first-order valence-corrected chi connectivity index (χ1v) is 6.15. The number of carbonyl (C=O) groups excluding carboxylic acids is 2. The zero-order valence-corrected chi connectivity index (χ0v) is 10.7. The molecule has 2 aliphatic rings. The van der Waals surface area contributed by atoms with Crippen molar-refractivity contribution >= 4 is 32.3 Å². The van der Waals surface area contributed by atoms with Gasteiger partial charge < -0.3 is 10.2 Å². The van der Waals surface area contributed by atoms with Gasteiger partial charge in [0, 0.05) is 29.1 Å². The molecule has 3 atom stereocenters. The van der Waals surface area contributed by atoms with Gasteiger partial charge >= 0.3 is 0 Å². The van der Waals surface area contributed by atoms with Gasteiger partial charge in [-0.05, 0) is 19.9 Å². The topological polar surface area (TPSA) is 61.4 Å². The summed E-state index contributed by atoms with van der Waals surface area (Å²) in [7, 11) is 1.77. The smallest absolute Gasteiger partial charge is 0.242 e. The van der Waals surface area contributed by atoms with Gasteiger partial charge in [-0.25, -0.2) is 0 Å². The Hall–Kier alpha value is -0.210. The molecule has 0 spiro atoms. The highest BCUT2D eigenvalue weighted by atomic mass is 127. The van der Waals surface area contributed by atoms with Crippen molar-refractivity contribution in [2.24, 2.45) is 0 Å². The number of rotatable bonds is 2. The Kier molecular flexibility index (Phi) is 3.27. The molecule has 2 fully saturated rings. The molecule has 2 aliphatic heterocycles. The van der Waals surface area contributed by atoms with Crippen molar-refractivity contribution in [3.8, 4) is 0 Å². The Morgan fingerprint density at radius 2 is 2.33 bits per heavy atom. The monoisotopic (exact) mass is 323 g/mol. The number of carbonyl (C=O) groups is 2. The molecule has 84 valence electrons. The summed E-state index contributed by atoms with van der Waals surface area (Å²) >= 11 is 1.78. The van der Waals surface area contributed by atoms with Crippen molar-refractivity contribution < 1.29 is 9.59 Å². The van der Waals surface area contributed by atoms with E-state index in [-0.39, 0.29) is 27.9 Å². The Labute approximate surface area is 102 Å². The summed E-state index contributed by atoms with van der Waals surface area (Å²) in [6.07, 6.45) is 1.72. The number of hydrogen-bond acceptors (Lipinski definition) is 4. The molecule has 0 radical (unpaired) electrons. The normalized spacial score (nSPS) is 35.5. The third-order valence-corrected chi connectivity index (χ3v) is 3.82. The second-order valence-corrected chi connectivity index (χ2v) is 4.97. The molecule has 0 aromatic rings. The fourth-order valence-corrected chi connectivity index (χ4v) is 2.90. The van der Waals surface area contributed by atoms with Crippen LogP contribution in [-0.4, -0.2) is 46.4 Å². The highest BCUT2D eigenvalue weighted by molar-refractivity contribution is 14.1. The van der Waals surface area contributed by atoms with Gasteiger partial charge in [0.15, 0.2) is 0 Å². The van der Waals surface area contributed by atoms with E-state index in [4.69, 9.17) is 0 Å². The molecule has 1 amide bonds. The highest BCUT2D eigenvalue weighted by Gasteiger charge is 2.44. The molecule has 2 saturated heterocycles. The van der Waals surface area contributed by atoms with Gasteiger partial charge in [0.2, 0.25) is 9.70 Å².